The highest BCUT2D eigenvalue weighted by Gasteiger charge is 2.53. The van der Waals surface area contributed by atoms with Crippen LogP contribution >= 0.6 is 24.0 Å². The molecule has 2 fully saturated rings. The molecule has 2 rings (SSSR count). The topological polar surface area (TPSA) is 36.4 Å². The first-order valence-corrected chi connectivity index (χ1v) is 6.71. The lowest BCUT2D eigenvalue weighted by Gasteiger charge is -2.16. The fourth-order valence-corrected chi connectivity index (χ4v) is 2.38. The monoisotopic (exact) mass is 351 g/mol. The number of hydrogen-bond donors (Lipinski definition) is 2. The molecule has 0 saturated heterocycles. The number of hydrogen-bond acceptors (Lipinski definition) is 1. The highest BCUT2D eigenvalue weighted by atomic mass is 127. The van der Waals surface area contributed by atoms with Crippen LogP contribution in [-0.2, 0) is 0 Å². The SMILES string of the molecule is CCNC(=NCC1(C2CC2)CC1)NC(C)C.I. The van der Waals surface area contributed by atoms with Crippen LogP contribution in [0.2, 0.25) is 0 Å². The van der Waals surface area contributed by atoms with Gasteiger partial charge in [-0.1, -0.05) is 0 Å². The van der Waals surface area contributed by atoms with Crippen LogP contribution in [0.3, 0.4) is 0 Å². The van der Waals surface area contributed by atoms with Crippen molar-refractivity contribution in [2.45, 2.75) is 52.5 Å². The number of nitrogens with one attached hydrogen (secondary N) is 2. The van der Waals surface area contributed by atoms with Crippen molar-refractivity contribution >= 4 is 29.9 Å². The summed E-state index contributed by atoms with van der Waals surface area (Å²) < 4.78 is 0. The van der Waals surface area contributed by atoms with Crippen LogP contribution in [0.15, 0.2) is 4.99 Å². The quantitative estimate of drug-likeness (QED) is 0.454. The first-order valence-electron chi connectivity index (χ1n) is 6.71. The van der Waals surface area contributed by atoms with E-state index in [9.17, 15) is 0 Å². The Bertz CT molecular complexity index is 268. The standard InChI is InChI=1S/C13H25N3.HI/c1-4-14-12(16-10(2)3)15-9-13(7-8-13)11-5-6-11;/h10-11H,4-9H2,1-3H3,(H2,14,15,16);1H. The van der Waals surface area contributed by atoms with Crippen LogP contribution < -0.4 is 10.6 Å². The van der Waals surface area contributed by atoms with Crippen LogP contribution in [0.5, 0.6) is 0 Å². The molecule has 100 valence electrons. The third-order valence-electron chi connectivity index (χ3n) is 3.66. The molecule has 0 aromatic rings. The summed E-state index contributed by atoms with van der Waals surface area (Å²) in [6.45, 7) is 8.39. The zero-order valence-electron chi connectivity index (χ0n) is 11.3. The van der Waals surface area contributed by atoms with Gasteiger partial charge in [-0.15, -0.1) is 24.0 Å². The van der Waals surface area contributed by atoms with E-state index in [2.05, 4.69) is 31.4 Å². The molecule has 0 bridgehead atoms. The van der Waals surface area contributed by atoms with Crippen LogP contribution in [0.1, 0.15) is 46.5 Å². The molecule has 0 heterocycles. The molecule has 0 aliphatic heterocycles. The minimum absolute atomic E-state index is 0. The Balaban J connectivity index is 0.00000144. The van der Waals surface area contributed by atoms with E-state index in [1.165, 1.54) is 25.7 Å². The summed E-state index contributed by atoms with van der Waals surface area (Å²) in [7, 11) is 0. The minimum atomic E-state index is 0. The van der Waals surface area contributed by atoms with Crippen molar-refractivity contribution in [3.05, 3.63) is 0 Å². The van der Waals surface area contributed by atoms with Gasteiger partial charge in [-0.25, -0.2) is 0 Å². The molecule has 3 nitrogen and oxygen atoms in total. The van der Waals surface area contributed by atoms with Gasteiger partial charge >= 0.3 is 0 Å². The first kappa shape index (κ1) is 15.1. The van der Waals surface area contributed by atoms with Crippen molar-refractivity contribution in [1.82, 2.24) is 10.6 Å². The van der Waals surface area contributed by atoms with Crippen molar-refractivity contribution in [3.63, 3.8) is 0 Å². The van der Waals surface area contributed by atoms with E-state index in [0.717, 1.165) is 25.0 Å². The number of halogens is 1. The maximum absolute atomic E-state index is 4.74. The summed E-state index contributed by atoms with van der Waals surface area (Å²) in [6, 6.07) is 0.453. The summed E-state index contributed by atoms with van der Waals surface area (Å²) >= 11 is 0. The Kier molecular flexibility index (Phi) is 5.54. The highest BCUT2D eigenvalue weighted by molar-refractivity contribution is 14.0. The molecule has 0 spiro atoms. The average Bonchev–Trinajstić information content (AvgIpc) is 3.06. The Hall–Kier alpha value is 0. The van der Waals surface area contributed by atoms with Crippen molar-refractivity contribution in [1.29, 1.82) is 0 Å². The van der Waals surface area contributed by atoms with Crippen molar-refractivity contribution < 1.29 is 0 Å². The molecule has 2 N–H and O–H groups in total. The molecule has 17 heavy (non-hydrogen) atoms. The van der Waals surface area contributed by atoms with Crippen molar-refractivity contribution in [2.75, 3.05) is 13.1 Å². The molecule has 0 unspecified atom stereocenters. The summed E-state index contributed by atoms with van der Waals surface area (Å²) in [4.78, 5) is 4.74. The van der Waals surface area contributed by atoms with E-state index in [4.69, 9.17) is 4.99 Å². The Morgan fingerprint density at radius 3 is 2.41 bits per heavy atom. The molecule has 0 radical (unpaired) electrons. The van der Waals surface area contributed by atoms with Gasteiger partial charge in [0.2, 0.25) is 0 Å². The maximum Gasteiger partial charge on any atom is 0.191 e. The minimum Gasteiger partial charge on any atom is -0.357 e. The van der Waals surface area contributed by atoms with E-state index < -0.39 is 0 Å². The first-order chi connectivity index (χ1) is 7.66. The number of nitrogens with zero attached hydrogens (tertiary/aromatic N) is 1. The summed E-state index contributed by atoms with van der Waals surface area (Å²) in [6.07, 6.45) is 5.71. The molecule has 4 heteroatoms. The van der Waals surface area contributed by atoms with Gasteiger partial charge in [0.15, 0.2) is 5.96 Å². The summed E-state index contributed by atoms with van der Waals surface area (Å²) in [5, 5.41) is 6.69. The third kappa shape index (κ3) is 4.30. The molecule has 2 aliphatic carbocycles. The Labute approximate surface area is 122 Å². The lowest BCUT2D eigenvalue weighted by molar-refractivity contribution is 0.452. The van der Waals surface area contributed by atoms with Gasteiger partial charge in [0.05, 0.1) is 0 Å². The largest absolute Gasteiger partial charge is 0.357 e. The predicted octanol–water partition coefficient (Wildman–Crippen LogP) is 2.76. The average molecular weight is 351 g/mol. The molecular weight excluding hydrogens is 325 g/mol. The maximum atomic E-state index is 4.74. The van der Waals surface area contributed by atoms with E-state index in [-0.39, 0.29) is 24.0 Å². The van der Waals surface area contributed by atoms with E-state index in [1.807, 2.05) is 0 Å². The fraction of sp³-hybridized carbons (Fsp3) is 0.923. The van der Waals surface area contributed by atoms with Crippen molar-refractivity contribution in [3.8, 4) is 0 Å². The van der Waals surface area contributed by atoms with Crippen LogP contribution in [0, 0.1) is 11.3 Å². The number of rotatable bonds is 5. The van der Waals surface area contributed by atoms with Gasteiger partial charge in [0, 0.05) is 19.1 Å². The molecule has 0 aromatic carbocycles. The predicted molar refractivity (Wildman–Crippen MR) is 84.1 cm³/mol. The molecule has 0 amide bonds. The van der Waals surface area contributed by atoms with Gasteiger partial charge < -0.3 is 10.6 Å². The third-order valence-corrected chi connectivity index (χ3v) is 3.66. The molecule has 2 saturated carbocycles. The van der Waals surface area contributed by atoms with E-state index in [1.54, 1.807) is 0 Å². The summed E-state index contributed by atoms with van der Waals surface area (Å²) in [5.41, 5.74) is 0.610. The second-order valence-corrected chi connectivity index (χ2v) is 5.63. The second kappa shape index (κ2) is 6.25. The smallest absolute Gasteiger partial charge is 0.191 e. The van der Waals surface area contributed by atoms with Gasteiger partial charge in [0.1, 0.15) is 0 Å². The number of guanidine groups is 1. The zero-order valence-corrected chi connectivity index (χ0v) is 13.6. The Morgan fingerprint density at radius 2 is 2.00 bits per heavy atom. The molecule has 0 aromatic heterocycles. The Morgan fingerprint density at radius 1 is 1.35 bits per heavy atom. The van der Waals surface area contributed by atoms with E-state index in [0.29, 0.717) is 11.5 Å². The molecular formula is C13H26IN3. The van der Waals surface area contributed by atoms with Gasteiger partial charge in [-0.3, -0.25) is 4.99 Å². The van der Waals surface area contributed by atoms with Crippen LogP contribution in [-0.4, -0.2) is 25.1 Å². The lowest BCUT2D eigenvalue weighted by Crippen LogP contribution is -2.41. The van der Waals surface area contributed by atoms with E-state index >= 15 is 0 Å². The van der Waals surface area contributed by atoms with Gasteiger partial charge in [-0.05, 0) is 57.8 Å². The highest BCUT2D eigenvalue weighted by Crippen LogP contribution is 2.61. The molecule has 2 aliphatic rings. The molecule has 0 atom stereocenters. The lowest BCUT2D eigenvalue weighted by atomic mass is 10.0. The van der Waals surface area contributed by atoms with Gasteiger partial charge in [-0.2, -0.15) is 0 Å². The zero-order chi connectivity index (χ0) is 11.6. The van der Waals surface area contributed by atoms with Crippen LogP contribution in [0.25, 0.3) is 0 Å². The van der Waals surface area contributed by atoms with Gasteiger partial charge in [0.25, 0.3) is 0 Å². The van der Waals surface area contributed by atoms with Crippen LogP contribution in [0.4, 0.5) is 0 Å². The van der Waals surface area contributed by atoms with Crippen molar-refractivity contribution in [2.24, 2.45) is 16.3 Å². The fourth-order valence-electron chi connectivity index (χ4n) is 2.38. The normalized spacial score (nSPS) is 22.0. The second-order valence-electron chi connectivity index (χ2n) is 5.63. The summed E-state index contributed by atoms with van der Waals surface area (Å²) in [5.74, 6) is 1.99. The number of aliphatic imine (C=N–C) groups is 1.